The molecular formula is C88H104Cl3N19O8. The molecule has 6 aromatic heterocycles. The van der Waals surface area contributed by atoms with Gasteiger partial charge in [0.15, 0.2) is 0 Å². The van der Waals surface area contributed by atoms with Crippen molar-refractivity contribution >= 4 is 100.0 Å². The van der Waals surface area contributed by atoms with Gasteiger partial charge in [0.2, 0.25) is 5.91 Å². The summed E-state index contributed by atoms with van der Waals surface area (Å²) >= 11 is 19.7. The lowest BCUT2D eigenvalue weighted by Crippen LogP contribution is -2.55. The number of urea groups is 1. The number of carbonyl (C=O) groups excluding carboxylic acids is 5. The van der Waals surface area contributed by atoms with Crippen LogP contribution in [0, 0.1) is 0 Å². The molecular weight excluding hydrogens is 1560 g/mol. The number of methoxy groups -OCH3 is 1. The topological polar surface area (TPSA) is 287 Å². The van der Waals surface area contributed by atoms with Crippen LogP contribution < -0.4 is 21.7 Å². The van der Waals surface area contributed by atoms with Crippen molar-refractivity contribution in [2.45, 2.75) is 122 Å². The van der Waals surface area contributed by atoms with Gasteiger partial charge >= 0.3 is 24.3 Å². The molecule has 620 valence electrons. The van der Waals surface area contributed by atoms with Crippen LogP contribution in [0.1, 0.15) is 190 Å². The minimum atomic E-state index is -0.581. The summed E-state index contributed by atoms with van der Waals surface area (Å²) in [5.41, 5.74) is 22.4. The third-order valence-corrected chi connectivity index (χ3v) is 22.2. The number of amides is 6. The van der Waals surface area contributed by atoms with E-state index in [9.17, 15) is 24.0 Å². The predicted octanol–water partition coefficient (Wildman–Crippen LogP) is 14.1. The molecule has 3 unspecified atom stereocenters. The molecule has 15 rings (SSSR count). The first-order chi connectivity index (χ1) is 56.2. The first-order valence-electron chi connectivity index (χ1n) is 39.6. The van der Waals surface area contributed by atoms with Gasteiger partial charge in [0.05, 0.1) is 115 Å². The zero-order chi connectivity index (χ0) is 84.2. The molecule has 0 spiro atoms. The number of piperazine rings is 3. The number of hydrogen-bond acceptors (Lipinski definition) is 18. The van der Waals surface area contributed by atoms with Crippen molar-refractivity contribution in [2.75, 3.05) is 85.6 Å². The van der Waals surface area contributed by atoms with Crippen LogP contribution in [0.2, 0.25) is 15.1 Å². The Morgan fingerprint density at radius 3 is 1.14 bits per heavy atom. The number of hydrogen-bond donors (Lipinski definition) is 4. The zero-order valence-corrected chi connectivity index (χ0v) is 71.5. The van der Waals surface area contributed by atoms with Crippen LogP contribution in [0.3, 0.4) is 0 Å². The lowest BCUT2D eigenvalue weighted by Gasteiger charge is -2.40. The van der Waals surface area contributed by atoms with E-state index in [0.29, 0.717) is 80.5 Å². The molecule has 3 aliphatic heterocycles. The summed E-state index contributed by atoms with van der Waals surface area (Å²) in [6.45, 7) is 26.2. The number of nitrogens with two attached hydrogens (primary N) is 1. The summed E-state index contributed by atoms with van der Waals surface area (Å²) < 4.78 is 22.0. The van der Waals surface area contributed by atoms with Crippen LogP contribution in [-0.2, 0) is 40.1 Å². The van der Waals surface area contributed by atoms with E-state index in [1.165, 1.54) is 14.0 Å². The van der Waals surface area contributed by atoms with Crippen molar-refractivity contribution < 1.29 is 38.2 Å². The Morgan fingerprint density at radius 1 is 0.466 bits per heavy atom. The van der Waals surface area contributed by atoms with E-state index in [0.717, 1.165) is 114 Å². The van der Waals surface area contributed by atoms with Crippen molar-refractivity contribution in [3.8, 4) is 0 Å². The molecule has 9 heterocycles. The van der Waals surface area contributed by atoms with Gasteiger partial charge in [0, 0.05) is 146 Å². The van der Waals surface area contributed by atoms with Crippen molar-refractivity contribution in [1.29, 1.82) is 0 Å². The Balaban J connectivity index is 0.000000154. The second-order valence-corrected chi connectivity index (χ2v) is 34.6. The number of pyridine rings is 3. The van der Waals surface area contributed by atoms with Crippen LogP contribution in [0.5, 0.6) is 0 Å². The largest absolute Gasteiger partial charge is 0.453 e. The molecule has 0 saturated carbocycles. The summed E-state index contributed by atoms with van der Waals surface area (Å²) in [4.78, 5) is 103. The number of fused-ring (bicyclic) bond motifs is 6. The fraction of sp³-hybridized carbons (Fsp3) is 0.398. The van der Waals surface area contributed by atoms with E-state index >= 15 is 0 Å². The number of benzene rings is 3. The van der Waals surface area contributed by atoms with Crippen molar-refractivity contribution in [1.82, 2.24) is 89.0 Å². The maximum atomic E-state index is 12.8. The van der Waals surface area contributed by atoms with Crippen molar-refractivity contribution in [3.05, 3.63) is 246 Å². The Bertz CT molecular complexity index is 5280. The molecule has 0 radical (unpaired) electrons. The number of aromatic nitrogens is 9. The van der Waals surface area contributed by atoms with Crippen LogP contribution >= 0.6 is 34.8 Å². The third kappa shape index (κ3) is 19.5. The zero-order valence-electron chi connectivity index (χ0n) is 69.2. The fourth-order valence-electron chi connectivity index (χ4n) is 16.1. The number of rotatable bonds is 11. The van der Waals surface area contributed by atoms with E-state index in [2.05, 4.69) is 76.0 Å². The van der Waals surface area contributed by atoms with Crippen LogP contribution in [0.15, 0.2) is 147 Å². The van der Waals surface area contributed by atoms with Gasteiger partial charge in [-0.25, -0.2) is 34.1 Å². The molecule has 3 fully saturated rings. The van der Waals surface area contributed by atoms with E-state index in [1.807, 2.05) is 200 Å². The Hall–Kier alpha value is -10.8. The summed E-state index contributed by atoms with van der Waals surface area (Å²) in [7, 11) is 7.09. The lowest BCUT2D eigenvalue weighted by atomic mass is 9.89. The van der Waals surface area contributed by atoms with Gasteiger partial charge in [-0.1, -0.05) is 71.2 Å². The Morgan fingerprint density at radius 2 is 0.805 bits per heavy atom. The van der Waals surface area contributed by atoms with E-state index in [4.69, 9.17) is 69.7 Å². The van der Waals surface area contributed by atoms with Gasteiger partial charge in [0.1, 0.15) is 11.2 Å². The second kappa shape index (κ2) is 35.8. The smallest absolute Gasteiger partial charge is 0.410 e. The van der Waals surface area contributed by atoms with Gasteiger partial charge in [-0.3, -0.25) is 34.4 Å². The number of halogens is 3. The van der Waals surface area contributed by atoms with E-state index in [-0.39, 0.29) is 47.8 Å². The minimum absolute atomic E-state index is 0.0233. The highest BCUT2D eigenvalue weighted by molar-refractivity contribution is 6.31. The van der Waals surface area contributed by atoms with Crippen LogP contribution in [0.25, 0.3) is 34.9 Å². The summed E-state index contributed by atoms with van der Waals surface area (Å²) in [5.74, 6) is -0.152. The number of imidazole rings is 3. The van der Waals surface area contributed by atoms with Crippen LogP contribution in [-0.4, -0.2) is 206 Å². The standard InChI is InChI=1S/C30H35ClN6O4.C30H35ClN6O3.C28H34ClN7O/c1-30(2,3)41-29(39)37-13-11-36(12-14-37)27-21-9-8-20(31)16-22(21)23(15-19-7-6-10-33-25(19)27)26(34-28(38)40-5)24-17-32-18-35(24)4;1-19(38)34-27(25-17-32-18-35(25)5)24-15-20-7-6-10-33-26(20)28(22-9-8-21(31)16-23(22)24)36-11-13-37(14-12-36)29(39)40-30(2,3)4;1-28(2,3)33-27(37)36-12-10-35(11-13-36)26-20-8-7-19(29)15-21(20)22(14-18-6-5-9-32-25(18)26)24(30)23-16-31-17-34(23)4/h6-10,15-18,26-27H,11-14H2,1-5H3,(H,34,38);6-10,15-18,27-28H,11-14H2,1-5H3,(H,34,38);5-9,14-17,24,26H,10-13,30H2,1-4H3,(H,33,37)/t26?,27-;27?,28-;24?,26-/m000/s1. The monoisotopic (exact) mass is 1660 g/mol. The fourth-order valence-corrected chi connectivity index (χ4v) is 16.6. The third-order valence-electron chi connectivity index (χ3n) is 21.5. The number of ether oxygens (including phenoxy) is 3. The number of nitrogens with zero attached hydrogens (tertiary/aromatic N) is 15. The summed E-state index contributed by atoms with van der Waals surface area (Å²) in [5, 5.41) is 11.1. The van der Waals surface area contributed by atoms with E-state index in [1.54, 1.807) is 47.4 Å². The molecule has 9 aromatic rings. The van der Waals surface area contributed by atoms with Gasteiger partial charge in [-0.05, 0) is 202 Å². The molecule has 6 aliphatic rings. The number of nitrogens with one attached hydrogen (secondary N) is 3. The summed E-state index contributed by atoms with van der Waals surface area (Å²) in [6.07, 6.45) is 21.1. The Labute approximate surface area is 704 Å². The highest BCUT2D eigenvalue weighted by Crippen LogP contribution is 2.48. The average Bonchev–Trinajstić information content (AvgIpc) is 1.61. The van der Waals surface area contributed by atoms with Gasteiger partial charge in [-0.15, -0.1) is 0 Å². The first-order valence-corrected chi connectivity index (χ1v) is 40.7. The van der Waals surface area contributed by atoms with Gasteiger partial charge in [0.25, 0.3) is 0 Å². The molecule has 6 atom stereocenters. The molecule has 30 heteroatoms. The number of aryl methyl sites for hydroxylation is 3. The molecule has 5 N–H and O–H groups in total. The highest BCUT2D eigenvalue weighted by Gasteiger charge is 2.41. The SMILES string of the molecule is CC(=O)NC(C1=Cc2cccnc2[C@@H](N2CCN(C(=O)OC(C)(C)C)CC2)c2ccc(Cl)cc21)c1cncn1C.COC(=O)NC(C1=Cc2cccnc2[C@@H](N2CCN(C(=O)OC(C)(C)C)CC2)c2ccc(Cl)cc21)c1cncn1C.Cn1cncc1C(N)C1=Cc2cccnc2[C@@H](N2CCN(C(=O)NC(C)(C)C)CC2)c2ccc(Cl)cc21. The normalized spacial score (nSPS) is 18.3. The van der Waals surface area contributed by atoms with Gasteiger partial charge in [-0.2, -0.15) is 0 Å². The highest BCUT2D eigenvalue weighted by atomic mass is 35.5. The predicted molar refractivity (Wildman–Crippen MR) is 458 cm³/mol. The molecule has 27 nitrogen and oxygen atoms in total. The van der Waals surface area contributed by atoms with E-state index < -0.39 is 35.4 Å². The van der Waals surface area contributed by atoms with Gasteiger partial charge < -0.3 is 64.3 Å². The average molecular weight is 1660 g/mol. The van der Waals surface area contributed by atoms with Crippen LogP contribution in [0.4, 0.5) is 19.2 Å². The molecule has 3 saturated heterocycles. The summed E-state index contributed by atoms with van der Waals surface area (Å²) in [6, 6.07) is 27.8. The maximum absolute atomic E-state index is 12.8. The minimum Gasteiger partial charge on any atom is -0.453 e. The number of carbonyl (C=O) groups is 5. The van der Waals surface area contributed by atoms with Crippen molar-refractivity contribution in [2.24, 2.45) is 26.9 Å². The molecule has 3 aliphatic carbocycles. The first kappa shape index (κ1) is 85.1. The second-order valence-electron chi connectivity index (χ2n) is 33.3. The molecule has 118 heavy (non-hydrogen) atoms. The lowest BCUT2D eigenvalue weighted by molar-refractivity contribution is -0.119. The molecule has 3 aromatic carbocycles. The Kier molecular flexibility index (Phi) is 25.8. The molecule has 0 bridgehead atoms. The number of alkyl carbamates (subject to hydrolysis) is 1. The molecule has 6 amide bonds. The quantitative estimate of drug-likeness (QED) is 0.0875. The maximum Gasteiger partial charge on any atom is 0.410 e. The van der Waals surface area contributed by atoms with Crippen molar-refractivity contribution in [3.63, 3.8) is 0 Å².